The Morgan fingerprint density at radius 2 is 1.97 bits per heavy atom. The first-order valence-electron chi connectivity index (χ1n) is 10.9. The Hall–Kier alpha value is -4.03. The Kier molecular flexibility index (Phi) is 5.36. The highest BCUT2D eigenvalue weighted by Crippen LogP contribution is 2.34. The molecule has 5 rings (SSSR count). The molecule has 1 amide bonds. The fourth-order valence-corrected chi connectivity index (χ4v) is 4.41. The summed E-state index contributed by atoms with van der Waals surface area (Å²) in [6.07, 6.45) is 6.20. The van der Waals surface area contributed by atoms with Crippen molar-refractivity contribution in [2.45, 2.75) is 37.8 Å². The van der Waals surface area contributed by atoms with Crippen molar-refractivity contribution in [3.8, 4) is 17.3 Å². The highest BCUT2D eigenvalue weighted by molar-refractivity contribution is 6.04. The number of rotatable bonds is 4. The summed E-state index contributed by atoms with van der Waals surface area (Å²) < 4.78 is 3.70. The summed E-state index contributed by atoms with van der Waals surface area (Å²) >= 11 is 0. The monoisotopic (exact) mass is 441 g/mol. The standard InChI is InChI=1S/C24H23N7O2/c1-30-14-16(13-26-30)21-11-15(10-17(12-25)27-21)23(33)29-24-28-20-4-2-3-5-22(20)31(24)18-6-8-19(32)9-7-18/h2-5,10-11,13-14,18-19,32H,6-9H2,1H3,(H,28,29,33). The van der Waals surface area contributed by atoms with Crippen LogP contribution in [0, 0.1) is 11.3 Å². The molecule has 0 unspecified atom stereocenters. The number of aliphatic hydroxyl groups is 1. The van der Waals surface area contributed by atoms with Crippen LogP contribution in [-0.4, -0.2) is 41.4 Å². The van der Waals surface area contributed by atoms with Crippen LogP contribution in [-0.2, 0) is 7.05 Å². The first kappa shape index (κ1) is 20.8. The van der Waals surface area contributed by atoms with Crippen molar-refractivity contribution in [2.24, 2.45) is 7.05 Å². The van der Waals surface area contributed by atoms with Crippen LogP contribution in [0.4, 0.5) is 5.95 Å². The zero-order valence-corrected chi connectivity index (χ0v) is 18.1. The quantitative estimate of drug-likeness (QED) is 0.500. The van der Waals surface area contributed by atoms with Gasteiger partial charge in [0.15, 0.2) is 0 Å². The van der Waals surface area contributed by atoms with E-state index >= 15 is 0 Å². The van der Waals surface area contributed by atoms with Crippen molar-refractivity contribution in [1.82, 2.24) is 24.3 Å². The predicted molar refractivity (Wildman–Crippen MR) is 122 cm³/mol. The number of nitriles is 1. The molecule has 0 spiro atoms. The Morgan fingerprint density at radius 3 is 2.70 bits per heavy atom. The molecule has 1 saturated carbocycles. The summed E-state index contributed by atoms with van der Waals surface area (Å²) in [6, 6.07) is 13.1. The van der Waals surface area contributed by atoms with E-state index in [4.69, 9.17) is 0 Å². The second kappa shape index (κ2) is 8.48. The summed E-state index contributed by atoms with van der Waals surface area (Å²) in [7, 11) is 1.79. The van der Waals surface area contributed by atoms with Gasteiger partial charge in [0.2, 0.25) is 5.95 Å². The molecular weight excluding hydrogens is 418 g/mol. The lowest BCUT2D eigenvalue weighted by molar-refractivity contribution is 0.102. The number of nitrogens with zero attached hydrogens (tertiary/aromatic N) is 6. The van der Waals surface area contributed by atoms with Crippen LogP contribution in [0.3, 0.4) is 0 Å². The average Bonchev–Trinajstić information content (AvgIpc) is 3.42. The number of fused-ring (bicyclic) bond motifs is 1. The van der Waals surface area contributed by atoms with E-state index in [1.165, 1.54) is 6.07 Å². The third kappa shape index (κ3) is 4.08. The molecule has 0 atom stereocenters. The number of benzene rings is 1. The molecule has 0 aliphatic heterocycles. The molecule has 1 aromatic carbocycles. The molecule has 3 heterocycles. The van der Waals surface area contributed by atoms with Gasteiger partial charge in [-0.25, -0.2) is 9.97 Å². The van der Waals surface area contributed by atoms with Crippen molar-refractivity contribution in [3.63, 3.8) is 0 Å². The van der Waals surface area contributed by atoms with Crippen LogP contribution < -0.4 is 5.32 Å². The van der Waals surface area contributed by atoms with Gasteiger partial charge in [-0.1, -0.05) is 12.1 Å². The number of pyridine rings is 1. The molecule has 4 aromatic rings. The molecule has 2 N–H and O–H groups in total. The van der Waals surface area contributed by atoms with E-state index in [1.807, 2.05) is 30.3 Å². The van der Waals surface area contributed by atoms with Gasteiger partial charge < -0.3 is 9.67 Å². The first-order chi connectivity index (χ1) is 16.0. The summed E-state index contributed by atoms with van der Waals surface area (Å²) in [5, 5.41) is 26.5. The van der Waals surface area contributed by atoms with Crippen molar-refractivity contribution in [3.05, 3.63) is 60.0 Å². The molecule has 33 heavy (non-hydrogen) atoms. The number of aliphatic hydroxyl groups excluding tert-OH is 1. The molecule has 0 saturated heterocycles. The molecule has 0 radical (unpaired) electrons. The van der Waals surface area contributed by atoms with Crippen LogP contribution >= 0.6 is 0 Å². The highest BCUT2D eigenvalue weighted by Gasteiger charge is 2.26. The van der Waals surface area contributed by atoms with E-state index in [2.05, 4.69) is 25.0 Å². The molecule has 3 aromatic heterocycles. The molecule has 1 fully saturated rings. The lowest BCUT2D eigenvalue weighted by atomic mass is 9.93. The van der Waals surface area contributed by atoms with Crippen LogP contribution in [0.2, 0.25) is 0 Å². The van der Waals surface area contributed by atoms with Gasteiger partial charge in [-0.3, -0.25) is 14.8 Å². The minimum atomic E-state index is -0.369. The number of hydrogen-bond donors (Lipinski definition) is 2. The third-order valence-corrected chi connectivity index (χ3v) is 6.06. The maximum absolute atomic E-state index is 13.3. The first-order valence-corrected chi connectivity index (χ1v) is 10.9. The average molecular weight is 441 g/mol. The van der Waals surface area contributed by atoms with Gasteiger partial charge in [0.25, 0.3) is 5.91 Å². The zero-order valence-electron chi connectivity index (χ0n) is 18.1. The van der Waals surface area contributed by atoms with Crippen molar-refractivity contribution in [2.75, 3.05) is 5.32 Å². The number of amides is 1. The van der Waals surface area contributed by atoms with Crippen LogP contribution in [0.15, 0.2) is 48.8 Å². The lowest BCUT2D eigenvalue weighted by Crippen LogP contribution is -2.24. The van der Waals surface area contributed by atoms with E-state index in [0.29, 0.717) is 17.2 Å². The number of aryl methyl sites for hydroxylation is 1. The molecule has 1 aliphatic rings. The molecule has 9 nitrogen and oxygen atoms in total. The number of hydrogen-bond acceptors (Lipinski definition) is 6. The molecule has 0 bridgehead atoms. The number of imidazole rings is 1. The topological polar surface area (TPSA) is 122 Å². The van der Waals surface area contributed by atoms with E-state index in [-0.39, 0.29) is 23.7 Å². The minimum Gasteiger partial charge on any atom is -0.393 e. The number of aromatic nitrogens is 5. The summed E-state index contributed by atoms with van der Waals surface area (Å²) in [6.45, 7) is 0. The van der Waals surface area contributed by atoms with Crippen molar-refractivity contribution >= 4 is 22.9 Å². The Morgan fingerprint density at radius 1 is 1.18 bits per heavy atom. The van der Waals surface area contributed by atoms with Crippen molar-refractivity contribution in [1.29, 1.82) is 5.26 Å². The smallest absolute Gasteiger partial charge is 0.258 e. The van der Waals surface area contributed by atoms with E-state index in [9.17, 15) is 15.2 Å². The summed E-state index contributed by atoms with van der Waals surface area (Å²) in [5.41, 5.74) is 3.42. The van der Waals surface area contributed by atoms with Crippen molar-refractivity contribution < 1.29 is 9.90 Å². The Balaban J connectivity index is 1.51. The Labute approximate surface area is 190 Å². The zero-order chi connectivity index (χ0) is 22.9. The maximum Gasteiger partial charge on any atom is 0.258 e. The van der Waals surface area contributed by atoms with E-state index in [0.717, 1.165) is 42.3 Å². The van der Waals surface area contributed by atoms with Gasteiger partial charge in [0.1, 0.15) is 11.8 Å². The molecular formula is C24H23N7O2. The molecule has 1 aliphatic carbocycles. The number of para-hydroxylation sites is 2. The fraction of sp³-hybridized carbons (Fsp3) is 0.292. The van der Waals surface area contributed by atoms with Gasteiger partial charge in [-0.2, -0.15) is 10.4 Å². The summed E-state index contributed by atoms with van der Waals surface area (Å²) in [4.78, 5) is 22.3. The minimum absolute atomic E-state index is 0.133. The number of carbonyl (C=O) groups is 1. The van der Waals surface area contributed by atoms with Gasteiger partial charge in [-0.15, -0.1) is 0 Å². The van der Waals surface area contributed by atoms with E-state index < -0.39 is 0 Å². The van der Waals surface area contributed by atoms with Crippen LogP contribution in [0.5, 0.6) is 0 Å². The number of carbonyl (C=O) groups excluding carboxylic acids is 1. The van der Waals surface area contributed by atoms with E-state index in [1.54, 1.807) is 30.2 Å². The van der Waals surface area contributed by atoms with Gasteiger partial charge >= 0.3 is 0 Å². The molecule has 166 valence electrons. The van der Waals surface area contributed by atoms with Gasteiger partial charge in [0.05, 0.1) is 29.0 Å². The summed E-state index contributed by atoms with van der Waals surface area (Å²) in [5.74, 6) is 0.0901. The maximum atomic E-state index is 13.3. The highest BCUT2D eigenvalue weighted by atomic mass is 16.3. The Bertz CT molecular complexity index is 1370. The lowest BCUT2D eigenvalue weighted by Gasteiger charge is -2.28. The number of anilines is 1. The normalized spacial score (nSPS) is 18.2. The van der Waals surface area contributed by atoms with Gasteiger partial charge in [0, 0.05) is 30.4 Å². The van der Waals surface area contributed by atoms with Crippen LogP contribution in [0.1, 0.15) is 47.8 Å². The largest absolute Gasteiger partial charge is 0.393 e. The number of nitrogens with one attached hydrogen (secondary N) is 1. The molecule has 9 heteroatoms. The second-order valence-corrected chi connectivity index (χ2v) is 8.35. The predicted octanol–water partition coefficient (Wildman–Crippen LogP) is 3.43. The fourth-order valence-electron chi connectivity index (χ4n) is 4.41. The van der Waals surface area contributed by atoms with Crippen LogP contribution in [0.25, 0.3) is 22.3 Å². The second-order valence-electron chi connectivity index (χ2n) is 8.35. The van der Waals surface area contributed by atoms with Gasteiger partial charge in [-0.05, 0) is 49.9 Å². The third-order valence-electron chi connectivity index (χ3n) is 6.06. The SMILES string of the molecule is Cn1cc(-c2cc(C(=O)Nc3nc4ccccc4n3C3CCC(O)CC3)cc(C#N)n2)cn1.